The first-order valence-electron chi connectivity index (χ1n) is 6.85. The molecular formula is C15H17N3O2S. The first kappa shape index (κ1) is 14.2. The van der Waals surface area contributed by atoms with Gasteiger partial charge in [0.1, 0.15) is 17.2 Å². The molecule has 1 aliphatic heterocycles. The molecule has 2 atom stereocenters. The number of hydrogen-bond acceptors (Lipinski definition) is 5. The Morgan fingerprint density at radius 1 is 1.43 bits per heavy atom. The van der Waals surface area contributed by atoms with Crippen molar-refractivity contribution in [2.75, 3.05) is 19.7 Å². The van der Waals surface area contributed by atoms with Crippen molar-refractivity contribution in [3.05, 3.63) is 52.5 Å². The summed E-state index contributed by atoms with van der Waals surface area (Å²) in [6.07, 6.45) is 1.68. The van der Waals surface area contributed by atoms with Crippen LogP contribution in [0, 0.1) is 0 Å². The lowest BCUT2D eigenvalue weighted by Gasteiger charge is -2.36. The molecule has 1 fully saturated rings. The second kappa shape index (κ2) is 6.34. The Morgan fingerprint density at radius 3 is 2.90 bits per heavy atom. The maximum absolute atomic E-state index is 11.9. The number of rotatable bonds is 4. The zero-order valence-corrected chi connectivity index (χ0v) is 12.3. The summed E-state index contributed by atoms with van der Waals surface area (Å²) in [5, 5.41) is 2.87. The average molecular weight is 303 g/mol. The summed E-state index contributed by atoms with van der Waals surface area (Å²) < 4.78 is 5.77. The quantitative estimate of drug-likeness (QED) is 0.934. The van der Waals surface area contributed by atoms with E-state index < -0.39 is 6.04 Å². The maximum atomic E-state index is 11.9. The summed E-state index contributed by atoms with van der Waals surface area (Å²) in [6, 6.07) is 9.22. The topological polar surface area (TPSA) is 68.5 Å². The van der Waals surface area contributed by atoms with Crippen molar-refractivity contribution in [3.8, 4) is 0 Å². The fourth-order valence-corrected chi connectivity index (χ4v) is 3.31. The van der Waals surface area contributed by atoms with Crippen LogP contribution in [0.15, 0.2) is 41.9 Å². The van der Waals surface area contributed by atoms with Crippen LogP contribution in [0.4, 0.5) is 0 Å². The molecule has 5 nitrogen and oxygen atoms in total. The third kappa shape index (κ3) is 3.12. The van der Waals surface area contributed by atoms with Crippen LogP contribution in [-0.2, 0) is 9.53 Å². The molecule has 1 aliphatic rings. The highest BCUT2D eigenvalue weighted by molar-refractivity contribution is 7.09. The number of nitrogens with two attached hydrogens (primary N) is 1. The molecule has 0 radical (unpaired) electrons. The fourth-order valence-electron chi connectivity index (χ4n) is 2.64. The number of nitrogens with zero attached hydrogens (tertiary/aromatic N) is 2. The lowest BCUT2D eigenvalue weighted by Crippen LogP contribution is -2.45. The molecule has 3 rings (SSSR count). The summed E-state index contributed by atoms with van der Waals surface area (Å²) in [5.41, 5.74) is 6.55. The highest BCUT2D eigenvalue weighted by Gasteiger charge is 2.32. The van der Waals surface area contributed by atoms with Crippen LogP contribution < -0.4 is 5.73 Å². The molecule has 0 unspecified atom stereocenters. The molecule has 110 valence electrons. The minimum atomic E-state index is -0.419. The molecule has 2 heterocycles. The van der Waals surface area contributed by atoms with E-state index in [1.165, 1.54) is 0 Å². The van der Waals surface area contributed by atoms with Crippen LogP contribution in [0.25, 0.3) is 0 Å². The van der Waals surface area contributed by atoms with Crippen molar-refractivity contribution in [2.24, 2.45) is 5.73 Å². The zero-order valence-electron chi connectivity index (χ0n) is 11.5. The molecule has 21 heavy (non-hydrogen) atoms. The summed E-state index contributed by atoms with van der Waals surface area (Å²) in [5.74, 6) is -0.332. The van der Waals surface area contributed by atoms with E-state index in [2.05, 4.69) is 9.88 Å². The fraction of sp³-hybridized carbons (Fsp3) is 0.333. The summed E-state index contributed by atoms with van der Waals surface area (Å²) in [4.78, 5) is 18.3. The van der Waals surface area contributed by atoms with E-state index in [-0.39, 0.29) is 12.0 Å². The van der Waals surface area contributed by atoms with Crippen molar-refractivity contribution in [1.82, 2.24) is 9.88 Å². The monoisotopic (exact) mass is 303 g/mol. The van der Waals surface area contributed by atoms with Crippen LogP contribution in [0.3, 0.4) is 0 Å². The molecule has 2 N–H and O–H groups in total. The molecule has 0 saturated carbocycles. The van der Waals surface area contributed by atoms with E-state index in [9.17, 15) is 4.79 Å². The highest BCUT2D eigenvalue weighted by Crippen LogP contribution is 2.29. The van der Waals surface area contributed by atoms with Crippen molar-refractivity contribution in [3.63, 3.8) is 0 Å². The molecule has 0 aliphatic carbocycles. The van der Waals surface area contributed by atoms with Gasteiger partial charge >= 0.3 is 0 Å². The van der Waals surface area contributed by atoms with Gasteiger partial charge in [-0.25, -0.2) is 4.98 Å². The van der Waals surface area contributed by atoms with Crippen LogP contribution in [0.5, 0.6) is 0 Å². The normalized spacial score (nSPS) is 21.0. The Labute approximate surface area is 127 Å². The van der Waals surface area contributed by atoms with Gasteiger partial charge in [0.15, 0.2) is 0 Å². The highest BCUT2D eigenvalue weighted by atomic mass is 32.1. The van der Waals surface area contributed by atoms with E-state index in [1.807, 2.05) is 35.7 Å². The second-order valence-electron chi connectivity index (χ2n) is 4.94. The first-order chi connectivity index (χ1) is 10.3. The lowest BCUT2D eigenvalue weighted by molar-refractivity contribution is -0.127. The van der Waals surface area contributed by atoms with Gasteiger partial charge in [0, 0.05) is 24.7 Å². The Hall–Kier alpha value is -1.76. The molecule has 1 amide bonds. The molecular weight excluding hydrogens is 286 g/mol. The standard InChI is InChI=1S/C15H17N3O2S/c16-14(19)13(11-4-2-1-3-5-11)18-7-8-20-12(10-18)15-17-6-9-21-15/h1-6,9,12-13H,7-8,10H2,(H2,16,19)/t12-,13+/m0/s1. The van der Waals surface area contributed by atoms with Gasteiger partial charge in [-0.3, -0.25) is 9.69 Å². The number of amides is 1. The molecule has 1 aromatic heterocycles. The Bertz CT molecular complexity index is 588. The van der Waals surface area contributed by atoms with Crippen LogP contribution in [-0.4, -0.2) is 35.5 Å². The number of benzene rings is 1. The average Bonchev–Trinajstić information content (AvgIpc) is 3.03. The lowest BCUT2D eigenvalue weighted by atomic mass is 10.0. The van der Waals surface area contributed by atoms with E-state index in [0.717, 1.165) is 10.6 Å². The third-order valence-electron chi connectivity index (χ3n) is 3.57. The van der Waals surface area contributed by atoms with Gasteiger partial charge in [0.2, 0.25) is 5.91 Å². The molecule has 0 bridgehead atoms. The van der Waals surface area contributed by atoms with Gasteiger partial charge in [-0.1, -0.05) is 30.3 Å². The van der Waals surface area contributed by atoms with Crippen LogP contribution in [0.1, 0.15) is 22.7 Å². The molecule has 1 aromatic carbocycles. The van der Waals surface area contributed by atoms with Crippen LogP contribution in [0.2, 0.25) is 0 Å². The molecule has 2 aromatic rings. The number of aromatic nitrogens is 1. The number of primary amides is 1. The molecule has 1 saturated heterocycles. The third-order valence-corrected chi connectivity index (χ3v) is 4.44. The Balaban J connectivity index is 1.81. The predicted molar refractivity (Wildman–Crippen MR) is 80.8 cm³/mol. The van der Waals surface area contributed by atoms with Gasteiger partial charge in [-0.15, -0.1) is 11.3 Å². The largest absolute Gasteiger partial charge is 0.368 e. The minimum absolute atomic E-state index is 0.0932. The van der Waals surface area contributed by atoms with Crippen molar-refractivity contribution in [2.45, 2.75) is 12.1 Å². The SMILES string of the molecule is NC(=O)[C@@H](c1ccccc1)N1CCO[C@H](c2nccs2)C1. The van der Waals surface area contributed by atoms with E-state index in [1.54, 1.807) is 17.5 Å². The number of thiazole rings is 1. The van der Waals surface area contributed by atoms with E-state index in [0.29, 0.717) is 19.7 Å². The van der Waals surface area contributed by atoms with Gasteiger partial charge in [-0.05, 0) is 5.56 Å². The summed E-state index contributed by atoms with van der Waals surface area (Å²) >= 11 is 1.57. The van der Waals surface area contributed by atoms with E-state index >= 15 is 0 Å². The first-order valence-corrected chi connectivity index (χ1v) is 7.73. The second-order valence-corrected chi connectivity index (χ2v) is 5.87. The Morgan fingerprint density at radius 2 is 2.24 bits per heavy atom. The van der Waals surface area contributed by atoms with Crippen molar-refractivity contribution < 1.29 is 9.53 Å². The number of carbonyl (C=O) groups is 1. The predicted octanol–water partition coefficient (Wildman–Crippen LogP) is 1.74. The van der Waals surface area contributed by atoms with Crippen molar-refractivity contribution >= 4 is 17.2 Å². The Kier molecular flexibility index (Phi) is 4.28. The van der Waals surface area contributed by atoms with Crippen LogP contribution >= 0.6 is 11.3 Å². The number of morpholine rings is 1. The molecule has 6 heteroatoms. The van der Waals surface area contributed by atoms with E-state index in [4.69, 9.17) is 10.5 Å². The number of carbonyl (C=O) groups excluding carboxylic acids is 1. The van der Waals surface area contributed by atoms with Gasteiger partial charge in [0.25, 0.3) is 0 Å². The van der Waals surface area contributed by atoms with Gasteiger partial charge in [-0.2, -0.15) is 0 Å². The van der Waals surface area contributed by atoms with Gasteiger partial charge < -0.3 is 10.5 Å². The smallest absolute Gasteiger partial charge is 0.239 e. The number of ether oxygens (including phenoxy) is 1. The van der Waals surface area contributed by atoms with Crippen molar-refractivity contribution in [1.29, 1.82) is 0 Å². The summed E-state index contributed by atoms with van der Waals surface area (Å²) in [6.45, 7) is 1.88. The summed E-state index contributed by atoms with van der Waals surface area (Å²) in [7, 11) is 0. The minimum Gasteiger partial charge on any atom is -0.368 e. The number of hydrogen-bond donors (Lipinski definition) is 1. The molecule has 0 spiro atoms. The van der Waals surface area contributed by atoms with Gasteiger partial charge in [0.05, 0.1) is 6.61 Å². The maximum Gasteiger partial charge on any atom is 0.239 e. The zero-order chi connectivity index (χ0) is 14.7.